The highest BCUT2D eigenvalue weighted by Crippen LogP contribution is 2.32. The van der Waals surface area contributed by atoms with Gasteiger partial charge in [-0.2, -0.15) is 13.2 Å². The molecule has 0 radical (unpaired) electrons. The molecule has 2 nitrogen and oxygen atoms in total. The molecular weight excluding hydrogens is 255 g/mol. The van der Waals surface area contributed by atoms with Crippen LogP contribution in [0, 0.1) is 0 Å². The van der Waals surface area contributed by atoms with Crippen molar-refractivity contribution in [1.82, 2.24) is 4.90 Å². The molecule has 1 aromatic carbocycles. The van der Waals surface area contributed by atoms with Crippen LogP contribution in [0.25, 0.3) is 0 Å². The van der Waals surface area contributed by atoms with Crippen LogP contribution in [0.4, 0.5) is 13.2 Å². The Morgan fingerprint density at radius 1 is 1.41 bits per heavy atom. The maximum absolute atomic E-state index is 12.4. The quantitative estimate of drug-likeness (QED) is 0.802. The van der Waals surface area contributed by atoms with E-state index in [1.165, 1.54) is 4.90 Å². The number of amides is 1. The Bertz CT molecular complexity index is 431. The predicted octanol–water partition coefficient (Wildman–Crippen LogP) is 3.45. The number of carbonyl (C=O) groups excluding carboxylic acids is 1. The van der Waals surface area contributed by atoms with Crippen molar-refractivity contribution < 1.29 is 18.0 Å². The van der Waals surface area contributed by atoms with Crippen molar-refractivity contribution in [2.24, 2.45) is 0 Å². The average molecular weight is 266 g/mol. The monoisotopic (exact) mass is 265 g/mol. The van der Waals surface area contributed by atoms with Gasteiger partial charge in [-0.05, 0) is 25.1 Å². The second kappa shape index (κ2) is 4.96. The summed E-state index contributed by atoms with van der Waals surface area (Å²) in [6.45, 7) is 2.21. The predicted molar refractivity (Wildman–Crippen MR) is 59.1 cm³/mol. The molecule has 0 aromatic heterocycles. The van der Waals surface area contributed by atoms with Gasteiger partial charge in [0.2, 0.25) is 0 Å². The summed E-state index contributed by atoms with van der Waals surface area (Å²) >= 11 is 5.68. The normalized spacial score (nSPS) is 11.4. The number of alkyl halides is 3. The van der Waals surface area contributed by atoms with E-state index in [2.05, 4.69) is 0 Å². The van der Waals surface area contributed by atoms with Crippen molar-refractivity contribution >= 4 is 17.5 Å². The smallest absolute Gasteiger partial charge is 0.342 e. The highest BCUT2D eigenvalue weighted by Gasteiger charge is 2.31. The van der Waals surface area contributed by atoms with Crippen molar-refractivity contribution in [3.8, 4) is 0 Å². The van der Waals surface area contributed by atoms with Gasteiger partial charge >= 0.3 is 6.18 Å². The molecule has 1 amide bonds. The molecular formula is C11H11ClF3NO. The summed E-state index contributed by atoms with van der Waals surface area (Å²) in [5, 5.41) is -0.190. The number of hydrogen-bond donors (Lipinski definition) is 0. The molecule has 0 aliphatic heterocycles. The number of carbonyl (C=O) groups is 1. The third-order valence-electron chi connectivity index (χ3n) is 2.35. The number of halogens is 4. The van der Waals surface area contributed by atoms with Crippen molar-refractivity contribution in [1.29, 1.82) is 0 Å². The summed E-state index contributed by atoms with van der Waals surface area (Å²) in [5.74, 6) is -0.397. The molecule has 0 saturated carbocycles. The molecule has 0 unspecified atom stereocenters. The lowest BCUT2D eigenvalue weighted by molar-refractivity contribution is -0.137. The number of nitrogens with zero attached hydrogens (tertiary/aromatic N) is 1. The lowest BCUT2D eigenvalue weighted by Crippen LogP contribution is -2.26. The first-order valence-electron chi connectivity index (χ1n) is 4.89. The third-order valence-corrected chi connectivity index (χ3v) is 2.66. The Labute approximate surface area is 102 Å². The number of hydrogen-bond acceptors (Lipinski definition) is 1. The highest BCUT2D eigenvalue weighted by molar-refractivity contribution is 6.33. The summed E-state index contributed by atoms with van der Waals surface area (Å²) in [5.41, 5.74) is -0.790. The summed E-state index contributed by atoms with van der Waals surface area (Å²) in [7, 11) is 1.55. The van der Waals surface area contributed by atoms with Crippen molar-refractivity contribution in [2.75, 3.05) is 13.6 Å². The standard InChI is InChI=1S/C11H11ClF3NO/c1-3-16(2)10(17)8-5-4-7(6-9(8)12)11(13,14)15/h4-6H,3H2,1-2H3. The lowest BCUT2D eigenvalue weighted by Gasteiger charge is -2.16. The SMILES string of the molecule is CCN(C)C(=O)c1ccc(C(F)(F)F)cc1Cl. The van der Waals surface area contributed by atoms with E-state index in [0.717, 1.165) is 18.2 Å². The Balaban J connectivity index is 3.11. The van der Waals surface area contributed by atoms with Gasteiger partial charge in [-0.1, -0.05) is 11.6 Å². The van der Waals surface area contributed by atoms with Gasteiger partial charge in [-0.25, -0.2) is 0 Å². The molecule has 1 rings (SSSR count). The van der Waals surface area contributed by atoms with Crippen LogP contribution >= 0.6 is 11.6 Å². The molecule has 94 valence electrons. The van der Waals surface area contributed by atoms with Gasteiger partial charge < -0.3 is 4.90 Å². The first kappa shape index (κ1) is 13.8. The first-order valence-corrected chi connectivity index (χ1v) is 5.27. The molecule has 1 aromatic rings. The van der Waals surface area contributed by atoms with Crippen molar-refractivity contribution in [2.45, 2.75) is 13.1 Å². The number of benzene rings is 1. The van der Waals surface area contributed by atoms with Gasteiger partial charge in [0.05, 0.1) is 16.1 Å². The molecule has 0 atom stereocenters. The van der Waals surface area contributed by atoms with Crippen LogP contribution in [-0.4, -0.2) is 24.4 Å². The minimum absolute atomic E-state index is 0.0732. The van der Waals surface area contributed by atoms with E-state index in [4.69, 9.17) is 11.6 Å². The zero-order valence-electron chi connectivity index (χ0n) is 9.31. The highest BCUT2D eigenvalue weighted by atomic mass is 35.5. The summed E-state index contributed by atoms with van der Waals surface area (Å²) in [6, 6.07) is 2.71. The van der Waals surface area contributed by atoms with Crippen LogP contribution in [0.15, 0.2) is 18.2 Å². The minimum atomic E-state index is -4.46. The zero-order chi connectivity index (χ0) is 13.2. The van der Waals surface area contributed by atoms with Crippen LogP contribution in [0.1, 0.15) is 22.8 Å². The van der Waals surface area contributed by atoms with E-state index in [9.17, 15) is 18.0 Å². The van der Waals surface area contributed by atoms with E-state index < -0.39 is 17.6 Å². The molecule has 0 spiro atoms. The Morgan fingerprint density at radius 3 is 2.41 bits per heavy atom. The molecule has 0 N–H and O–H groups in total. The Kier molecular flexibility index (Phi) is 4.03. The van der Waals surface area contributed by atoms with Crippen LogP contribution in [0.2, 0.25) is 5.02 Å². The number of rotatable bonds is 2. The van der Waals surface area contributed by atoms with Gasteiger partial charge in [0.25, 0.3) is 5.91 Å². The fourth-order valence-electron chi connectivity index (χ4n) is 1.21. The van der Waals surface area contributed by atoms with Crippen LogP contribution in [-0.2, 0) is 6.18 Å². The van der Waals surface area contributed by atoms with E-state index >= 15 is 0 Å². The summed E-state index contributed by atoms with van der Waals surface area (Å²) < 4.78 is 37.1. The van der Waals surface area contributed by atoms with Gasteiger partial charge in [0.15, 0.2) is 0 Å². The Morgan fingerprint density at radius 2 is 2.00 bits per heavy atom. The van der Waals surface area contributed by atoms with E-state index in [1.54, 1.807) is 14.0 Å². The summed E-state index contributed by atoms with van der Waals surface area (Å²) in [4.78, 5) is 13.1. The topological polar surface area (TPSA) is 20.3 Å². The molecule has 0 heterocycles. The molecule has 6 heteroatoms. The lowest BCUT2D eigenvalue weighted by atomic mass is 10.1. The molecule has 17 heavy (non-hydrogen) atoms. The largest absolute Gasteiger partial charge is 0.416 e. The third kappa shape index (κ3) is 3.12. The van der Waals surface area contributed by atoms with Gasteiger partial charge in [0.1, 0.15) is 0 Å². The summed E-state index contributed by atoms with van der Waals surface area (Å²) in [6.07, 6.45) is -4.46. The molecule has 0 bridgehead atoms. The minimum Gasteiger partial charge on any atom is -0.342 e. The fourth-order valence-corrected chi connectivity index (χ4v) is 1.48. The van der Waals surface area contributed by atoms with Gasteiger partial charge in [0, 0.05) is 13.6 Å². The van der Waals surface area contributed by atoms with Gasteiger partial charge in [-0.3, -0.25) is 4.79 Å². The van der Waals surface area contributed by atoms with Crippen LogP contribution in [0.3, 0.4) is 0 Å². The second-order valence-corrected chi connectivity index (χ2v) is 3.92. The van der Waals surface area contributed by atoms with E-state index in [0.29, 0.717) is 6.54 Å². The van der Waals surface area contributed by atoms with Crippen LogP contribution in [0.5, 0.6) is 0 Å². The van der Waals surface area contributed by atoms with E-state index in [1.807, 2.05) is 0 Å². The zero-order valence-corrected chi connectivity index (χ0v) is 10.1. The average Bonchev–Trinajstić information content (AvgIpc) is 2.25. The fraction of sp³-hybridized carbons (Fsp3) is 0.364. The van der Waals surface area contributed by atoms with Crippen molar-refractivity contribution in [3.63, 3.8) is 0 Å². The Hall–Kier alpha value is -1.23. The molecule has 0 aliphatic rings. The van der Waals surface area contributed by atoms with Crippen molar-refractivity contribution in [3.05, 3.63) is 34.3 Å². The van der Waals surface area contributed by atoms with Gasteiger partial charge in [-0.15, -0.1) is 0 Å². The molecule has 0 fully saturated rings. The maximum Gasteiger partial charge on any atom is 0.416 e. The van der Waals surface area contributed by atoms with E-state index in [-0.39, 0.29) is 10.6 Å². The second-order valence-electron chi connectivity index (χ2n) is 3.51. The first-order chi connectivity index (χ1) is 7.77. The molecule has 0 aliphatic carbocycles. The molecule has 0 saturated heterocycles. The maximum atomic E-state index is 12.4. The van der Waals surface area contributed by atoms with Crippen LogP contribution < -0.4 is 0 Å².